The minimum Gasteiger partial charge on any atom is -0.395 e. The van der Waals surface area contributed by atoms with Crippen LogP contribution in [0.3, 0.4) is 0 Å². The lowest BCUT2D eigenvalue weighted by molar-refractivity contribution is 0.498. The Morgan fingerprint density at radius 2 is 1.67 bits per heavy atom. The van der Waals surface area contributed by atoms with Crippen molar-refractivity contribution in [2.75, 3.05) is 10.5 Å². The summed E-state index contributed by atoms with van der Waals surface area (Å²) in [6.45, 7) is 0. The molecule has 2 rings (SSSR count). The fourth-order valence-electron chi connectivity index (χ4n) is 1.58. The van der Waals surface area contributed by atoms with Crippen LogP contribution in [0, 0.1) is 23.3 Å². The lowest BCUT2D eigenvalue weighted by Crippen LogP contribution is -2.17. The Bertz CT molecular complexity index is 809. The van der Waals surface area contributed by atoms with Gasteiger partial charge in [0, 0.05) is 12.1 Å². The molecule has 0 radical (unpaired) electrons. The van der Waals surface area contributed by atoms with Crippen LogP contribution in [0.4, 0.5) is 28.9 Å². The Labute approximate surface area is 117 Å². The molecule has 0 saturated carbocycles. The van der Waals surface area contributed by atoms with Gasteiger partial charge in [-0.2, -0.15) is 0 Å². The summed E-state index contributed by atoms with van der Waals surface area (Å²) >= 11 is 0. The van der Waals surface area contributed by atoms with Crippen LogP contribution in [0.15, 0.2) is 35.2 Å². The average molecular weight is 320 g/mol. The summed E-state index contributed by atoms with van der Waals surface area (Å²) in [4.78, 5) is -0.674. The summed E-state index contributed by atoms with van der Waals surface area (Å²) in [7, 11) is -4.51. The molecule has 2 aromatic carbocycles. The molecular formula is C12H8F4N2O2S. The van der Waals surface area contributed by atoms with E-state index in [1.54, 1.807) is 4.72 Å². The number of halogens is 4. The number of nitrogens with two attached hydrogens (primary N) is 1. The quantitative estimate of drug-likeness (QED) is 0.519. The zero-order valence-electron chi connectivity index (χ0n) is 10.2. The SMILES string of the molecule is Nc1c(F)cccc1S(=O)(=O)Nc1cc(F)cc(F)c1F. The van der Waals surface area contributed by atoms with Crippen molar-refractivity contribution in [2.45, 2.75) is 4.90 Å². The fraction of sp³-hybridized carbons (Fsp3) is 0. The highest BCUT2D eigenvalue weighted by atomic mass is 32.2. The topological polar surface area (TPSA) is 72.2 Å². The zero-order valence-corrected chi connectivity index (χ0v) is 11.0. The Balaban J connectivity index is 2.50. The van der Waals surface area contributed by atoms with Crippen molar-refractivity contribution in [3.8, 4) is 0 Å². The van der Waals surface area contributed by atoms with Crippen LogP contribution in [0.25, 0.3) is 0 Å². The van der Waals surface area contributed by atoms with E-state index in [4.69, 9.17) is 5.73 Å². The second kappa shape index (κ2) is 5.24. The van der Waals surface area contributed by atoms with Crippen LogP contribution in [-0.2, 0) is 10.0 Å². The number of hydrogen-bond donors (Lipinski definition) is 2. The summed E-state index contributed by atoms with van der Waals surface area (Å²) in [6, 6.07) is 3.67. The lowest BCUT2D eigenvalue weighted by atomic mass is 10.3. The second-order valence-corrected chi connectivity index (χ2v) is 5.66. The molecule has 0 spiro atoms. The van der Waals surface area contributed by atoms with Crippen molar-refractivity contribution < 1.29 is 26.0 Å². The van der Waals surface area contributed by atoms with Gasteiger partial charge in [-0.15, -0.1) is 0 Å². The normalized spacial score (nSPS) is 11.4. The molecule has 0 bridgehead atoms. The van der Waals surface area contributed by atoms with E-state index in [2.05, 4.69) is 0 Å². The van der Waals surface area contributed by atoms with E-state index in [1.807, 2.05) is 0 Å². The molecular weight excluding hydrogens is 312 g/mol. The van der Waals surface area contributed by atoms with Gasteiger partial charge in [0.25, 0.3) is 10.0 Å². The first-order valence-corrected chi connectivity index (χ1v) is 6.92. The maximum Gasteiger partial charge on any atom is 0.264 e. The second-order valence-electron chi connectivity index (χ2n) is 4.01. The molecule has 0 saturated heterocycles. The van der Waals surface area contributed by atoms with Gasteiger partial charge in [0.15, 0.2) is 11.6 Å². The predicted octanol–water partition coefficient (Wildman–Crippen LogP) is 2.63. The Hall–Kier alpha value is -2.29. The zero-order chi connectivity index (χ0) is 15.8. The first-order chi connectivity index (χ1) is 9.72. The van der Waals surface area contributed by atoms with Crippen molar-refractivity contribution in [1.82, 2.24) is 0 Å². The number of para-hydroxylation sites is 1. The molecule has 0 aliphatic carbocycles. The van der Waals surface area contributed by atoms with Crippen molar-refractivity contribution in [2.24, 2.45) is 0 Å². The van der Waals surface area contributed by atoms with Gasteiger partial charge in [-0.3, -0.25) is 4.72 Å². The summed E-state index contributed by atoms with van der Waals surface area (Å²) in [5, 5.41) is 0. The number of nitrogen functional groups attached to an aromatic ring is 1. The van der Waals surface area contributed by atoms with Gasteiger partial charge >= 0.3 is 0 Å². The smallest absolute Gasteiger partial charge is 0.264 e. The number of anilines is 2. The summed E-state index contributed by atoms with van der Waals surface area (Å²) < 4.78 is 78.3. The number of nitrogens with one attached hydrogen (secondary N) is 1. The molecule has 0 amide bonds. The molecule has 21 heavy (non-hydrogen) atoms. The molecule has 0 heterocycles. The highest BCUT2D eigenvalue weighted by molar-refractivity contribution is 7.92. The van der Waals surface area contributed by atoms with Crippen LogP contribution >= 0.6 is 0 Å². The third-order valence-corrected chi connectivity index (χ3v) is 3.96. The molecule has 0 unspecified atom stereocenters. The Kier molecular flexibility index (Phi) is 3.77. The predicted molar refractivity (Wildman–Crippen MR) is 67.9 cm³/mol. The maximum absolute atomic E-state index is 13.4. The molecule has 2 aromatic rings. The van der Waals surface area contributed by atoms with E-state index in [0.29, 0.717) is 6.07 Å². The molecule has 0 aliphatic heterocycles. The molecule has 9 heteroatoms. The van der Waals surface area contributed by atoms with E-state index in [1.165, 1.54) is 0 Å². The highest BCUT2D eigenvalue weighted by Gasteiger charge is 2.22. The third kappa shape index (κ3) is 2.92. The number of hydrogen-bond acceptors (Lipinski definition) is 3. The van der Waals surface area contributed by atoms with E-state index < -0.39 is 49.6 Å². The Morgan fingerprint density at radius 1 is 1.00 bits per heavy atom. The lowest BCUT2D eigenvalue weighted by Gasteiger charge is -2.11. The van der Waals surface area contributed by atoms with Gasteiger partial charge in [-0.25, -0.2) is 26.0 Å². The number of sulfonamides is 1. The van der Waals surface area contributed by atoms with Gasteiger partial charge < -0.3 is 5.73 Å². The van der Waals surface area contributed by atoms with Crippen molar-refractivity contribution in [1.29, 1.82) is 0 Å². The molecule has 4 nitrogen and oxygen atoms in total. The number of benzene rings is 2. The van der Waals surface area contributed by atoms with Crippen molar-refractivity contribution in [3.05, 3.63) is 53.6 Å². The maximum atomic E-state index is 13.4. The summed E-state index contributed by atoms with van der Waals surface area (Å²) in [6.07, 6.45) is 0. The number of rotatable bonds is 3. The van der Waals surface area contributed by atoms with Crippen molar-refractivity contribution in [3.63, 3.8) is 0 Å². The van der Waals surface area contributed by atoms with Gasteiger partial charge in [-0.05, 0) is 12.1 Å². The molecule has 3 N–H and O–H groups in total. The third-order valence-electron chi connectivity index (χ3n) is 2.54. The van der Waals surface area contributed by atoms with Gasteiger partial charge in [0.05, 0.1) is 11.4 Å². The minimum absolute atomic E-state index is 0.254. The van der Waals surface area contributed by atoms with Crippen LogP contribution in [-0.4, -0.2) is 8.42 Å². The van der Waals surface area contributed by atoms with E-state index in [-0.39, 0.29) is 6.07 Å². The first-order valence-electron chi connectivity index (χ1n) is 5.43. The standard InChI is InChI=1S/C12H8F4N2O2S/c13-6-4-8(15)11(16)9(5-6)18-21(19,20)10-3-1-2-7(14)12(10)17/h1-5,18H,17H2. The molecule has 112 valence electrons. The van der Waals surface area contributed by atoms with Crippen LogP contribution < -0.4 is 10.5 Å². The monoisotopic (exact) mass is 320 g/mol. The Morgan fingerprint density at radius 3 is 2.33 bits per heavy atom. The average Bonchev–Trinajstić information content (AvgIpc) is 2.38. The van der Waals surface area contributed by atoms with Gasteiger partial charge in [0.1, 0.15) is 16.5 Å². The van der Waals surface area contributed by atoms with Crippen LogP contribution in [0.1, 0.15) is 0 Å². The molecule has 0 fully saturated rings. The molecule has 0 atom stereocenters. The van der Waals surface area contributed by atoms with Crippen LogP contribution in [0.2, 0.25) is 0 Å². The minimum atomic E-state index is -4.51. The summed E-state index contributed by atoms with van der Waals surface area (Å²) in [5.41, 5.74) is 3.64. The summed E-state index contributed by atoms with van der Waals surface area (Å²) in [5.74, 6) is -5.34. The largest absolute Gasteiger partial charge is 0.395 e. The van der Waals surface area contributed by atoms with E-state index in [0.717, 1.165) is 18.2 Å². The highest BCUT2D eigenvalue weighted by Crippen LogP contribution is 2.26. The van der Waals surface area contributed by atoms with E-state index in [9.17, 15) is 26.0 Å². The van der Waals surface area contributed by atoms with E-state index >= 15 is 0 Å². The van der Waals surface area contributed by atoms with Crippen molar-refractivity contribution >= 4 is 21.4 Å². The van der Waals surface area contributed by atoms with Gasteiger partial charge in [-0.1, -0.05) is 6.07 Å². The fourth-order valence-corrected chi connectivity index (χ4v) is 2.77. The molecule has 0 aromatic heterocycles. The molecule has 0 aliphatic rings. The van der Waals surface area contributed by atoms with Gasteiger partial charge in [0.2, 0.25) is 0 Å². The first kappa shape index (κ1) is 15.1. The van der Waals surface area contributed by atoms with Crippen LogP contribution in [0.5, 0.6) is 0 Å².